The standard InChI is InChI=1S/C16H25BrFN/c1-5-8-19-14(11-16(2,3)4)10-12-9-13(17)6-7-15(12)18/h6-7,9,14,19H,5,8,10-11H2,1-4H3. The molecule has 0 aliphatic rings. The highest BCUT2D eigenvalue weighted by molar-refractivity contribution is 9.10. The molecule has 0 saturated heterocycles. The zero-order valence-corrected chi connectivity index (χ0v) is 14.0. The lowest BCUT2D eigenvalue weighted by Crippen LogP contribution is -2.35. The van der Waals surface area contributed by atoms with Crippen LogP contribution in [-0.2, 0) is 6.42 Å². The van der Waals surface area contributed by atoms with E-state index in [-0.39, 0.29) is 11.2 Å². The summed E-state index contributed by atoms with van der Waals surface area (Å²) in [7, 11) is 0. The highest BCUT2D eigenvalue weighted by atomic mass is 79.9. The molecule has 1 aromatic carbocycles. The van der Waals surface area contributed by atoms with Gasteiger partial charge in [0.25, 0.3) is 0 Å². The predicted octanol–water partition coefficient (Wildman–Crippen LogP) is 4.94. The van der Waals surface area contributed by atoms with Gasteiger partial charge in [-0.05, 0) is 55.0 Å². The van der Waals surface area contributed by atoms with E-state index in [1.807, 2.05) is 6.07 Å². The number of hydrogen-bond donors (Lipinski definition) is 1. The number of halogens is 2. The first-order valence-corrected chi connectivity index (χ1v) is 7.78. The van der Waals surface area contributed by atoms with Crippen molar-refractivity contribution in [2.24, 2.45) is 5.41 Å². The number of rotatable bonds is 6. The molecule has 0 spiro atoms. The van der Waals surface area contributed by atoms with Gasteiger partial charge in [-0.2, -0.15) is 0 Å². The molecule has 1 atom stereocenters. The fourth-order valence-electron chi connectivity index (χ4n) is 2.27. The normalized spacial score (nSPS) is 13.6. The van der Waals surface area contributed by atoms with Gasteiger partial charge < -0.3 is 5.32 Å². The topological polar surface area (TPSA) is 12.0 Å². The van der Waals surface area contributed by atoms with Crippen LogP contribution < -0.4 is 5.32 Å². The molecule has 0 bridgehead atoms. The molecule has 0 fully saturated rings. The maximum absolute atomic E-state index is 13.8. The molecule has 1 unspecified atom stereocenters. The van der Waals surface area contributed by atoms with Crippen LogP contribution in [0.2, 0.25) is 0 Å². The molecule has 0 aliphatic heterocycles. The molecule has 1 nitrogen and oxygen atoms in total. The lowest BCUT2D eigenvalue weighted by molar-refractivity contribution is 0.305. The van der Waals surface area contributed by atoms with E-state index in [0.29, 0.717) is 6.04 Å². The third kappa shape index (κ3) is 6.53. The molecular formula is C16H25BrFN. The summed E-state index contributed by atoms with van der Waals surface area (Å²) in [5, 5.41) is 3.54. The predicted molar refractivity (Wildman–Crippen MR) is 84.0 cm³/mol. The zero-order chi connectivity index (χ0) is 14.5. The van der Waals surface area contributed by atoms with Gasteiger partial charge >= 0.3 is 0 Å². The summed E-state index contributed by atoms with van der Waals surface area (Å²) in [6.07, 6.45) is 2.88. The van der Waals surface area contributed by atoms with E-state index in [1.165, 1.54) is 6.07 Å². The summed E-state index contributed by atoms with van der Waals surface area (Å²) in [5.74, 6) is -0.111. The Bertz CT molecular complexity index is 398. The Balaban J connectivity index is 2.78. The van der Waals surface area contributed by atoms with Crippen molar-refractivity contribution in [3.63, 3.8) is 0 Å². The summed E-state index contributed by atoms with van der Waals surface area (Å²) in [6, 6.07) is 5.49. The van der Waals surface area contributed by atoms with E-state index < -0.39 is 0 Å². The van der Waals surface area contributed by atoms with Crippen LogP contribution in [-0.4, -0.2) is 12.6 Å². The van der Waals surface area contributed by atoms with Gasteiger partial charge in [0, 0.05) is 10.5 Å². The smallest absolute Gasteiger partial charge is 0.126 e. The second-order valence-electron chi connectivity index (χ2n) is 6.36. The summed E-state index contributed by atoms with van der Waals surface area (Å²) in [4.78, 5) is 0. The lowest BCUT2D eigenvalue weighted by Gasteiger charge is -2.27. The van der Waals surface area contributed by atoms with Crippen molar-refractivity contribution < 1.29 is 4.39 Å². The van der Waals surface area contributed by atoms with Crippen LogP contribution in [0, 0.1) is 11.2 Å². The zero-order valence-electron chi connectivity index (χ0n) is 12.4. The minimum Gasteiger partial charge on any atom is -0.314 e. The van der Waals surface area contributed by atoms with E-state index in [1.54, 1.807) is 6.07 Å². The van der Waals surface area contributed by atoms with Crippen molar-refractivity contribution >= 4 is 15.9 Å². The average molecular weight is 330 g/mol. The van der Waals surface area contributed by atoms with E-state index >= 15 is 0 Å². The Morgan fingerprint density at radius 3 is 2.58 bits per heavy atom. The van der Waals surface area contributed by atoms with Gasteiger partial charge in [0.15, 0.2) is 0 Å². The Morgan fingerprint density at radius 1 is 1.32 bits per heavy atom. The van der Waals surface area contributed by atoms with Gasteiger partial charge in [0.2, 0.25) is 0 Å². The Morgan fingerprint density at radius 2 is 2.00 bits per heavy atom. The molecule has 0 heterocycles. The summed E-state index contributed by atoms with van der Waals surface area (Å²) >= 11 is 3.41. The monoisotopic (exact) mass is 329 g/mol. The molecule has 108 valence electrons. The third-order valence-electron chi connectivity index (χ3n) is 3.02. The lowest BCUT2D eigenvalue weighted by atomic mass is 9.85. The first-order valence-electron chi connectivity index (χ1n) is 6.99. The van der Waals surface area contributed by atoms with Crippen molar-refractivity contribution in [3.8, 4) is 0 Å². The molecule has 1 rings (SSSR count). The van der Waals surface area contributed by atoms with Gasteiger partial charge in [-0.25, -0.2) is 4.39 Å². The van der Waals surface area contributed by atoms with Crippen LogP contribution in [0.25, 0.3) is 0 Å². The van der Waals surface area contributed by atoms with Crippen LogP contribution >= 0.6 is 15.9 Å². The van der Waals surface area contributed by atoms with Crippen molar-refractivity contribution in [1.82, 2.24) is 5.32 Å². The maximum Gasteiger partial charge on any atom is 0.126 e. The SMILES string of the molecule is CCCNC(Cc1cc(Br)ccc1F)CC(C)(C)C. The van der Waals surface area contributed by atoms with E-state index in [4.69, 9.17) is 0 Å². The van der Waals surface area contributed by atoms with E-state index in [9.17, 15) is 4.39 Å². The molecule has 1 N–H and O–H groups in total. The Hall–Kier alpha value is -0.410. The summed E-state index contributed by atoms with van der Waals surface area (Å²) in [6.45, 7) is 9.82. The number of hydrogen-bond acceptors (Lipinski definition) is 1. The first kappa shape index (κ1) is 16.6. The molecule has 0 amide bonds. The van der Waals surface area contributed by atoms with Crippen molar-refractivity contribution in [1.29, 1.82) is 0 Å². The molecule has 1 aromatic rings. The minimum atomic E-state index is -0.111. The largest absolute Gasteiger partial charge is 0.314 e. The van der Waals surface area contributed by atoms with Crippen LogP contribution in [0.4, 0.5) is 4.39 Å². The van der Waals surface area contributed by atoms with Crippen LogP contribution in [0.1, 0.15) is 46.1 Å². The summed E-state index contributed by atoms with van der Waals surface area (Å²) < 4.78 is 14.8. The van der Waals surface area contributed by atoms with Gasteiger partial charge in [-0.3, -0.25) is 0 Å². The van der Waals surface area contributed by atoms with Gasteiger partial charge in [-0.15, -0.1) is 0 Å². The first-order chi connectivity index (χ1) is 8.81. The molecule has 0 radical (unpaired) electrons. The number of nitrogens with one attached hydrogen (secondary N) is 1. The van der Waals surface area contributed by atoms with Crippen molar-refractivity contribution in [2.75, 3.05) is 6.54 Å². The molecule has 19 heavy (non-hydrogen) atoms. The van der Waals surface area contributed by atoms with Gasteiger partial charge in [0.1, 0.15) is 5.82 Å². The third-order valence-corrected chi connectivity index (χ3v) is 3.51. The number of benzene rings is 1. The quantitative estimate of drug-likeness (QED) is 0.779. The Labute approximate surface area is 125 Å². The second-order valence-corrected chi connectivity index (χ2v) is 7.27. The van der Waals surface area contributed by atoms with Crippen molar-refractivity contribution in [3.05, 3.63) is 34.1 Å². The fraction of sp³-hybridized carbons (Fsp3) is 0.625. The maximum atomic E-state index is 13.8. The molecule has 0 aliphatic carbocycles. The highest BCUT2D eigenvalue weighted by Gasteiger charge is 2.19. The molecule has 3 heteroatoms. The van der Waals surface area contributed by atoms with Crippen LogP contribution in [0.15, 0.2) is 22.7 Å². The fourth-order valence-corrected chi connectivity index (χ4v) is 2.68. The highest BCUT2D eigenvalue weighted by Crippen LogP contribution is 2.24. The van der Waals surface area contributed by atoms with E-state index in [0.717, 1.165) is 35.8 Å². The second kappa shape index (κ2) is 7.39. The van der Waals surface area contributed by atoms with E-state index in [2.05, 4.69) is 48.9 Å². The molecular weight excluding hydrogens is 305 g/mol. The summed E-state index contributed by atoms with van der Waals surface area (Å²) in [5.41, 5.74) is 1.03. The molecule has 0 saturated carbocycles. The Kier molecular flexibility index (Phi) is 6.48. The van der Waals surface area contributed by atoms with Gasteiger partial charge in [-0.1, -0.05) is 43.6 Å². The van der Waals surface area contributed by atoms with Gasteiger partial charge in [0.05, 0.1) is 0 Å². The van der Waals surface area contributed by atoms with Crippen molar-refractivity contribution in [2.45, 2.75) is 53.0 Å². The minimum absolute atomic E-state index is 0.111. The average Bonchev–Trinajstić information content (AvgIpc) is 2.29. The van der Waals surface area contributed by atoms with Crippen LogP contribution in [0.3, 0.4) is 0 Å². The van der Waals surface area contributed by atoms with Crippen LogP contribution in [0.5, 0.6) is 0 Å². The molecule has 0 aromatic heterocycles.